The number of hydrogen-bond acceptors (Lipinski definition) is 6. The number of hydrogen-bond donors (Lipinski definition) is 1. The van der Waals surface area contributed by atoms with E-state index in [0.717, 1.165) is 0 Å². The van der Waals surface area contributed by atoms with Crippen LogP contribution in [0.1, 0.15) is 5.69 Å². The highest BCUT2D eigenvalue weighted by Gasteiger charge is 2.19. The molecule has 2 aromatic rings. The maximum atomic E-state index is 10.6. The van der Waals surface area contributed by atoms with Crippen molar-refractivity contribution >= 4 is 23.2 Å². The van der Waals surface area contributed by atoms with Crippen LogP contribution in [0.5, 0.6) is 0 Å². The first-order valence-electron chi connectivity index (χ1n) is 4.96. The second kappa shape index (κ2) is 4.96. The fourth-order valence-electron chi connectivity index (χ4n) is 1.32. The van der Waals surface area contributed by atoms with Gasteiger partial charge in [-0.25, -0.2) is 4.98 Å². The Labute approximate surface area is 107 Å². The molecule has 0 spiro atoms. The predicted molar refractivity (Wildman–Crippen MR) is 64.6 cm³/mol. The van der Waals surface area contributed by atoms with E-state index in [9.17, 15) is 10.1 Å². The number of nitrogens with zero attached hydrogens (tertiary/aromatic N) is 5. The van der Waals surface area contributed by atoms with Crippen molar-refractivity contribution in [3.63, 3.8) is 0 Å². The third kappa shape index (κ3) is 2.54. The molecule has 0 saturated carbocycles. The molecule has 9 heteroatoms. The van der Waals surface area contributed by atoms with Gasteiger partial charge in [-0.15, -0.1) is 0 Å². The first-order valence-corrected chi connectivity index (χ1v) is 5.34. The smallest absolute Gasteiger partial charge is 0.372 e. The van der Waals surface area contributed by atoms with Crippen LogP contribution in [0.4, 0.5) is 11.6 Å². The average Bonchev–Trinajstić information content (AvgIpc) is 2.71. The molecule has 0 aliphatic rings. The topological polar surface area (TPSA) is 98.8 Å². The van der Waals surface area contributed by atoms with Gasteiger partial charge in [0.05, 0.1) is 29.4 Å². The molecular formula is C9H9ClN6O2. The van der Waals surface area contributed by atoms with Crippen molar-refractivity contribution in [1.82, 2.24) is 19.7 Å². The highest BCUT2D eigenvalue weighted by Crippen LogP contribution is 2.21. The predicted octanol–water partition coefficient (Wildman–Crippen LogP) is 1.32. The Hall–Kier alpha value is -2.22. The fourth-order valence-corrected chi connectivity index (χ4v) is 1.54. The fraction of sp³-hybridized carbons (Fsp3) is 0.222. The Kier molecular flexibility index (Phi) is 3.38. The van der Waals surface area contributed by atoms with Crippen molar-refractivity contribution in [3.05, 3.63) is 39.4 Å². The molecule has 2 aromatic heterocycles. The summed E-state index contributed by atoms with van der Waals surface area (Å²) in [5.74, 6) is 0.277. The molecule has 0 radical (unpaired) electrons. The molecule has 94 valence electrons. The van der Waals surface area contributed by atoms with Crippen molar-refractivity contribution < 1.29 is 4.92 Å². The molecule has 0 aliphatic heterocycles. The molecule has 18 heavy (non-hydrogen) atoms. The van der Waals surface area contributed by atoms with Gasteiger partial charge in [0.1, 0.15) is 12.4 Å². The Morgan fingerprint density at radius 1 is 1.50 bits per heavy atom. The third-order valence-electron chi connectivity index (χ3n) is 2.16. The molecule has 8 nitrogen and oxygen atoms in total. The van der Waals surface area contributed by atoms with E-state index in [-0.39, 0.29) is 17.4 Å². The first kappa shape index (κ1) is 12.2. The summed E-state index contributed by atoms with van der Waals surface area (Å²) in [6.45, 7) is 0.268. The van der Waals surface area contributed by atoms with Gasteiger partial charge >= 0.3 is 5.82 Å². The minimum atomic E-state index is -0.630. The third-order valence-corrected chi connectivity index (χ3v) is 2.42. The van der Waals surface area contributed by atoms with Crippen LogP contribution in [0.3, 0.4) is 0 Å². The zero-order valence-electron chi connectivity index (χ0n) is 9.37. The van der Waals surface area contributed by atoms with Crippen molar-refractivity contribution in [3.8, 4) is 0 Å². The molecule has 0 unspecified atom stereocenters. The van der Waals surface area contributed by atoms with Crippen molar-refractivity contribution in [2.24, 2.45) is 0 Å². The number of anilines is 1. The van der Waals surface area contributed by atoms with E-state index in [1.807, 2.05) is 0 Å². The quantitative estimate of drug-likeness (QED) is 0.663. The molecule has 2 rings (SSSR count). The number of halogens is 1. The number of rotatable bonds is 4. The first-order chi connectivity index (χ1) is 8.60. The lowest BCUT2D eigenvalue weighted by molar-refractivity contribution is -0.389. The maximum Gasteiger partial charge on any atom is 0.408 e. The summed E-state index contributed by atoms with van der Waals surface area (Å²) in [5.41, 5.74) is 0.628. The highest BCUT2D eigenvalue weighted by molar-refractivity contribution is 6.32. The SMILES string of the molecule is CNc1cnc(Cn2cc(Cl)c([N+](=O)[O-])n2)cn1. The molecular weight excluding hydrogens is 260 g/mol. The summed E-state index contributed by atoms with van der Waals surface area (Å²) in [4.78, 5) is 18.2. The summed E-state index contributed by atoms with van der Waals surface area (Å²) in [6.07, 6.45) is 4.51. The molecule has 0 amide bonds. The van der Waals surface area contributed by atoms with Crippen molar-refractivity contribution in [2.45, 2.75) is 6.54 Å². The van der Waals surface area contributed by atoms with Gasteiger partial charge in [0.25, 0.3) is 0 Å². The van der Waals surface area contributed by atoms with Gasteiger partial charge in [-0.05, 0) is 4.92 Å². The Balaban J connectivity index is 2.18. The molecule has 0 bridgehead atoms. The van der Waals surface area contributed by atoms with Gasteiger partial charge in [-0.3, -0.25) is 4.98 Å². The van der Waals surface area contributed by atoms with Crippen LogP contribution in [0.2, 0.25) is 5.02 Å². The van der Waals surface area contributed by atoms with Crippen LogP contribution in [-0.4, -0.2) is 31.7 Å². The lowest BCUT2D eigenvalue weighted by atomic mass is 10.4. The van der Waals surface area contributed by atoms with E-state index in [4.69, 9.17) is 11.6 Å². The number of aromatic nitrogens is 4. The minimum Gasteiger partial charge on any atom is -0.372 e. The second-order valence-corrected chi connectivity index (χ2v) is 3.81. The lowest BCUT2D eigenvalue weighted by Crippen LogP contribution is -2.04. The normalized spacial score (nSPS) is 10.3. The molecule has 0 aromatic carbocycles. The summed E-state index contributed by atoms with van der Waals surface area (Å²) in [6, 6.07) is 0. The maximum absolute atomic E-state index is 10.6. The Bertz CT molecular complexity index is 567. The monoisotopic (exact) mass is 268 g/mol. The van der Waals surface area contributed by atoms with Crippen LogP contribution in [0.25, 0.3) is 0 Å². The van der Waals surface area contributed by atoms with E-state index in [0.29, 0.717) is 11.5 Å². The average molecular weight is 269 g/mol. The van der Waals surface area contributed by atoms with E-state index in [2.05, 4.69) is 20.4 Å². The van der Waals surface area contributed by atoms with Crippen molar-refractivity contribution in [2.75, 3.05) is 12.4 Å². The second-order valence-electron chi connectivity index (χ2n) is 3.40. The Morgan fingerprint density at radius 3 is 2.78 bits per heavy atom. The minimum absolute atomic E-state index is 0.000181. The van der Waals surface area contributed by atoms with Gasteiger partial charge in [-0.1, -0.05) is 11.6 Å². The Morgan fingerprint density at radius 2 is 2.28 bits per heavy atom. The summed E-state index contributed by atoms with van der Waals surface area (Å²) < 4.78 is 1.35. The molecule has 0 saturated heterocycles. The van der Waals surface area contributed by atoms with E-state index < -0.39 is 4.92 Å². The van der Waals surface area contributed by atoms with Crippen molar-refractivity contribution in [1.29, 1.82) is 0 Å². The number of nitro groups is 1. The number of nitrogens with one attached hydrogen (secondary N) is 1. The zero-order chi connectivity index (χ0) is 13.1. The zero-order valence-corrected chi connectivity index (χ0v) is 10.1. The van der Waals surface area contributed by atoms with Gasteiger partial charge in [-0.2, -0.15) is 4.68 Å². The molecule has 0 aliphatic carbocycles. The van der Waals surface area contributed by atoms with Crippen LogP contribution in [0, 0.1) is 10.1 Å². The summed E-state index contributed by atoms with van der Waals surface area (Å²) >= 11 is 5.68. The molecule has 2 heterocycles. The van der Waals surface area contributed by atoms with E-state index in [1.54, 1.807) is 19.4 Å². The summed E-state index contributed by atoms with van der Waals surface area (Å²) in [7, 11) is 1.74. The van der Waals surface area contributed by atoms with Crippen LogP contribution in [0.15, 0.2) is 18.6 Å². The largest absolute Gasteiger partial charge is 0.408 e. The van der Waals surface area contributed by atoms with E-state index in [1.165, 1.54) is 10.9 Å². The molecule has 1 N–H and O–H groups in total. The summed E-state index contributed by atoms with van der Waals surface area (Å²) in [5, 5.41) is 17.2. The van der Waals surface area contributed by atoms with E-state index >= 15 is 0 Å². The lowest BCUT2D eigenvalue weighted by Gasteiger charge is -1.99. The van der Waals surface area contributed by atoms with Crippen LogP contribution in [-0.2, 0) is 6.54 Å². The molecule has 0 atom stereocenters. The van der Waals surface area contributed by atoms with Gasteiger partial charge in [0.2, 0.25) is 0 Å². The highest BCUT2D eigenvalue weighted by atomic mass is 35.5. The van der Waals surface area contributed by atoms with Crippen LogP contribution < -0.4 is 5.32 Å². The van der Waals surface area contributed by atoms with Crippen LogP contribution >= 0.6 is 11.6 Å². The standard InChI is InChI=1S/C9H9ClN6O2/c1-11-8-3-12-6(2-13-8)4-15-5-7(10)9(14-15)16(17)18/h2-3,5H,4H2,1H3,(H,11,13). The molecule has 0 fully saturated rings. The van der Waals surface area contributed by atoms with Gasteiger partial charge in [0, 0.05) is 7.05 Å². The van der Waals surface area contributed by atoms with Gasteiger partial charge in [0.15, 0.2) is 5.02 Å². The van der Waals surface area contributed by atoms with Gasteiger partial charge < -0.3 is 15.4 Å².